The van der Waals surface area contributed by atoms with Gasteiger partial charge in [0.2, 0.25) is 0 Å². The first-order valence-corrected chi connectivity index (χ1v) is 6.37. The molecule has 4 nitrogen and oxygen atoms in total. The number of nitrogens with one attached hydrogen (secondary N) is 1. The van der Waals surface area contributed by atoms with Crippen LogP contribution in [0, 0.1) is 0 Å². The predicted octanol–water partition coefficient (Wildman–Crippen LogP) is 2.38. The number of rotatable bonds is 9. The Morgan fingerprint density at radius 2 is 2.16 bits per heavy atom. The topological polar surface area (TPSA) is 39.7 Å². The Kier molecular flexibility index (Phi) is 7.00. The van der Waals surface area contributed by atoms with E-state index in [1.54, 1.807) is 20.3 Å². The van der Waals surface area contributed by atoms with Gasteiger partial charge >= 0.3 is 0 Å². The molecular formula is C15H23NO3. The van der Waals surface area contributed by atoms with Crippen LogP contribution in [0.15, 0.2) is 30.9 Å². The van der Waals surface area contributed by atoms with Gasteiger partial charge in [0.1, 0.15) is 6.10 Å². The molecular weight excluding hydrogens is 242 g/mol. The SMILES string of the molecule is C=CC(C)Oc1c(CNCCOC)cccc1OC. The zero-order valence-electron chi connectivity index (χ0n) is 11.9. The lowest BCUT2D eigenvalue weighted by atomic mass is 10.1. The maximum atomic E-state index is 5.86. The lowest BCUT2D eigenvalue weighted by molar-refractivity contribution is 0.198. The van der Waals surface area contributed by atoms with Crippen LogP contribution >= 0.6 is 0 Å². The molecule has 0 aliphatic heterocycles. The minimum absolute atomic E-state index is 0.0611. The minimum Gasteiger partial charge on any atom is -0.493 e. The highest BCUT2D eigenvalue weighted by molar-refractivity contribution is 5.46. The van der Waals surface area contributed by atoms with Gasteiger partial charge in [-0.1, -0.05) is 24.8 Å². The molecule has 0 spiro atoms. The van der Waals surface area contributed by atoms with Crippen molar-refractivity contribution in [2.75, 3.05) is 27.4 Å². The average Bonchev–Trinajstić information content (AvgIpc) is 2.44. The van der Waals surface area contributed by atoms with E-state index in [2.05, 4.69) is 11.9 Å². The lowest BCUT2D eigenvalue weighted by Gasteiger charge is -2.18. The second kappa shape index (κ2) is 8.56. The highest BCUT2D eigenvalue weighted by atomic mass is 16.5. The summed E-state index contributed by atoms with van der Waals surface area (Å²) in [7, 11) is 3.33. The molecule has 4 heteroatoms. The molecule has 0 heterocycles. The number of benzene rings is 1. The smallest absolute Gasteiger partial charge is 0.166 e. The second-order valence-corrected chi connectivity index (χ2v) is 4.18. The Bertz CT molecular complexity index is 393. The van der Waals surface area contributed by atoms with E-state index in [4.69, 9.17) is 14.2 Å². The summed E-state index contributed by atoms with van der Waals surface area (Å²) in [5, 5.41) is 3.30. The van der Waals surface area contributed by atoms with E-state index in [1.165, 1.54) is 0 Å². The average molecular weight is 265 g/mol. The number of ether oxygens (including phenoxy) is 3. The van der Waals surface area contributed by atoms with Crippen LogP contribution < -0.4 is 14.8 Å². The lowest BCUT2D eigenvalue weighted by Crippen LogP contribution is -2.20. The van der Waals surface area contributed by atoms with Crippen LogP contribution in [-0.2, 0) is 11.3 Å². The Hall–Kier alpha value is -1.52. The van der Waals surface area contributed by atoms with Gasteiger partial charge in [0.25, 0.3) is 0 Å². The standard InChI is InChI=1S/C15H23NO3/c1-5-12(2)19-15-13(11-16-9-10-17-3)7-6-8-14(15)18-4/h5-8,12,16H,1,9-11H2,2-4H3. The second-order valence-electron chi connectivity index (χ2n) is 4.18. The van der Waals surface area contributed by atoms with Gasteiger partial charge in [0.15, 0.2) is 11.5 Å². The van der Waals surface area contributed by atoms with Crippen molar-refractivity contribution in [3.8, 4) is 11.5 Å². The molecule has 1 N–H and O–H groups in total. The molecule has 1 rings (SSSR count). The fraction of sp³-hybridized carbons (Fsp3) is 0.467. The summed E-state index contributed by atoms with van der Waals surface area (Å²) in [5.41, 5.74) is 1.06. The van der Waals surface area contributed by atoms with Crippen LogP contribution in [0.2, 0.25) is 0 Å². The highest BCUT2D eigenvalue weighted by Gasteiger charge is 2.12. The summed E-state index contributed by atoms with van der Waals surface area (Å²) in [6.07, 6.45) is 1.70. The Morgan fingerprint density at radius 3 is 2.79 bits per heavy atom. The van der Waals surface area contributed by atoms with Gasteiger partial charge in [0.05, 0.1) is 13.7 Å². The van der Waals surface area contributed by atoms with Gasteiger partial charge in [-0.05, 0) is 13.0 Å². The van der Waals surface area contributed by atoms with Crippen molar-refractivity contribution >= 4 is 0 Å². The molecule has 0 aromatic heterocycles. The van der Waals surface area contributed by atoms with Gasteiger partial charge in [-0.25, -0.2) is 0 Å². The molecule has 0 aliphatic carbocycles. The van der Waals surface area contributed by atoms with Crippen LogP contribution in [0.3, 0.4) is 0 Å². The summed E-state index contributed by atoms with van der Waals surface area (Å²) in [5.74, 6) is 1.50. The predicted molar refractivity (Wildman–Crippen MR) is 76.9 cm³/mol. The van der Waals surface area contributed by atoms with Crippen molar-refractivity contribution in [3.63, 3.8) is 0 Å². The van der Waals surface area contributed by atoms with Crippen LogP contribution in [0.1, 0.15) is 12.5 Å². The van der Waals surface area contributed by atoms with E-state index in [9.17, 15) is 0 Å². The van der Waals surface area contributed by atoms with E-state index < -0.39 is 0 Å². The molecule has 106 valence electrons. The normalized spacial score (nSPS) is 11.9. The molecule has 19 heavy (non-hydrogen) atoms. The molecule has 1 unspecified atom stereocenters. The molecule has 0 fully saturated rings. The van der Waals surface area contributed by atoms with Gasteiger partial charge in [-0.3, -0.25) is 0 Å². The Morgan fingerprint density at radius 1 is 1.37 bits per heavy atom. The third kappa shape index (κ3) is 4.93. The summed E-state index contributed by atoms with van der Waals surface area (Å²) < 4.78 is 16.2. The van der Waals surface area contributed by atoms with E-state index in [1.807, 2.05) is 25.1 Å². The molecule has 0 bridgehead atoms. The van der Waals surface area contributed by atoms with E-state index in [-0.39, 0.29) is 6.10 Å². The Balaban J connectivity index is 2.79. The van der Waals surface area contributed by atoms with Crippen LogP contribution in [0.5, 0.6) is 11.5 Å². The summed E-state index contributed by atoms with van der Waals surface area (Å²) in [6, 6.07) is 5.87. The molecule has 1 aromatic rings. The van der Waals surface area contributed by atoms with Crippen LogP contribution in [-0.4, -0.2) is 33.5 Å². The Labute approximate surface area is 115 Å². The van der Waals surface area contributed by atoms with E-state index in [0.717, 1.165) is 23.6 Å². The monoisotopic (exact) mass is 265 g/mol. The number of hydrogen-bond donors (Lipinski definition) is 1. The zero-order chi connectivity index (χ0) is 14.1. The minimum atomic E-state index is -0.0611. The molecule has 0 saturated carbocycles. The third-order valence-corrected chi connectivity index (χ3v) is 2.71. The fourth-order valence-corrected chi connectivity index (χ4v) is 1.63. The fourth-order valence-electron chi connectivity index (χ4n) is 1.63. The first kappa shape index (κ1) is 15.5. The van der Waals surface area contributed by atoms with Crippen molar-refractivity contribution in [2.24, 2.45) is 0 Å². The van der Waals surface area contributed by atoms with Gasteiger partial charge < -0.3 is 19.5 Å². The molecule has 1 aromatic carbocycles. The van der Waals surface area contributed by atoms with Crippen molar-refractivity contribution in [3.05, 3.63) is 36.4 Å². The highest BCUT2D eigenvalue weighted by Crippen LogP contribution is 2.32. The van der Waals surface area contributed by atoms with Crippen molar-refractivity contribution in [1.82, 2.24) is 5.32 Å². The molecule has 0 saturated heterocycles. The van der Waals surface area contributed by atoms with E-state index >= 15 is 0 Å². The first-order chi connectivity index (χ1) is 9.22. The van der Waals surface area contributed by atoms with Crippen LogP contribution in [0.25, 0.3) is 0 Å². The number of hydrogen-bond acceptors (Lipinski definition) is 4. The van der Waals surface area contributed by atoms with Crippen LogP contribution in [0.4, 0.5) is 0 Å². The maximum absolute atomic E-state index is 5.86. The van der Waals surface area contributed by atoms with Gasteiger partial charge in [-0.2, -0.15) is 0 Å². The van der Waals surface area contributed by atoms with E-state index in [0.29, 0.717) is 13.2 Å². The zero-order valence-corrected chi connectivity index (χ0v) is 11.9. The van der Waals surface area contributed by atoms with Gasteiger partial charge in [-0.15, -0.1) is 0 Å². The third-order valence-electron chi connectivity index (χ3n) is 2.71. The summed E-state index contributed by atoms with van der Waals surface area (Å²) in [4.78, 5) is 0. The first-order valence-electron chi connectivity index (χ1n) is 6.37. The number of methoxy groups -OCH3 is 2. The van der Waals surface area contributed by atoms with Gasteiger partial charge in [0, 0.05) is 25.8 Å². The quantitative estimate of drug-likeness (QED) is 0.550. The molecule has 0 radical (unpaired) electrons. The van der Waals surface area contributed by atoms with Crippen molar-refractivity contribution in [2.45, 2.75) is 19.6 Å². The maximum Gasteiger partial charge on any atom is 0.166 e. The molecule has 0 aliphatic rings. The summed E-state index contributed by atoms with van der Waals surface area (Å²) >= 11 is 0. The largest absolute Gasteiger partial charge is 0.493 e. The van der Waals surface area contributed by atoms with Crippen molar-refractivity contribution in [1.29, 1.82) is 0 Å². The molecule has 1 atom stereocenters. The molecule has 0 amide bonds. The number of para-hydroxylation sites is 1. The van der Waals surface area contributed by atoms with Crippen molar-refractivity contribution < 1.29 is 14.2 Å². The summed E-state index contributed by atoms with van der Waals surface area (Å²) in [6.45, 7) is 7.86.